The topological polar surface area (TPSA) is 83.6 Å². The zero-order chi connectivity index (χ0) is 18.7. The molecule has 0 aromatic heterocycles. The van der Waals surface area contributed by atoms with Crippen molar-refractivity contribution in [3.8, 4) is 0 Å². The van der Waals surface area contributed by atoms with Crippen molar-refractivity contribution in [1.29, 1.82) is 0 Å². The molecule has 26 heavy (non-hydrogen) atoms. The minimum Gasteiger partial charge on any atom is -0.352 e. The summed E-state index contributed by atoms with van der Waals surface area (Å²) in [6.45, 7) is 0.200. The number of hydrogen-bond donors (Lipinski definition) is 1. The second kappa shape index (κ2) is 7.25. The number of amides is 2. The van der Waals surface area contributed by atoms with E-state index in [-0.39, 0.29) is 48.1 Å². The Balaban J connectivity index is 1.51. The third kappa shape index (κ3) is 3.60. The van der Waals surface area contributed by atoms with Crippen molar-refractivity contribution >= 4 is 21.8 Å². The van der Waals surface area contributed by atoms with Gasteiger partial charge in [-0.25, -0.2) is 17.1 Å². The third-order valence-corrected chi connectivity index (χ3v) is 5.92. The normalized spacial score (nSPS) is 15.0. The van der Waals surface area contributed by atoms with Crippen LogP contribution in [0.3, 0.4) is 0 Å². The van der Waals surface area contributed by atoms with Crippen molar-refractivity contribution in [2.45, 2.75) is 24.3 Å². The molecule has 1 aliphatic rings. The van der Waals surface area contributed by atoms with Crippen molar-refractivity contribution in [2.24, 2.45) is 0 Å². The molecular formula is C18H17FN2O4S. The minimum absolute atomic E-state index is 0.00533. The van der Waals surface area contributed by atoms with Crippen molar-refractivity contribution in [3.63, 3.8) is 0 Å². The number of halogens is 1. The first-order valence-electron chi connectivity index (χ1n) is 8.07. The smallest absolute Gasteiger partial charge is 0.269 e. The van der Waals surface area contributed by atoms with Crippen LogP contribution in [0.25, 0.3) is 0 Å². The first kappa shape index (κ1) is 18.1. The second-order valence-corrected chi connectivity index (χ2v) is 7.72. The Bertz CT molecular complexity index is 942. The summed E-state index contributed by atoms with van der Waals surface area (Å²) in [6, 6.07) is 11.8. The van der Waals surface area contributed by atoms with Crippen LogP contribution in [0.15, 0.2) is 53.4 Å². The van der Waals surface area contributed by atoms with E-state index in [0.29, 0.717) is 0 Å². The number of carbonyl (C=O) groups is 2. The number of sulfonamides is 1. The average Bonchev–Trinajstić information content (AvgIpc) is 2.82. The van der Waals surface area contributed by atoms with E-state index in [2.05, 4.69) is 5.32 Å². The van der Waals surface area contributed by atoms with Crippen LogP contribution in [0, 0.1) is 5.82 Å². The van der Waals surface area contributed by atoms with Crippen LogP contribution >= 0.6 is 0 Å². The first-order valence-corrected chi connectivity index (χ1v) is 9.51. The molecular weight excluding hydrogens is 359 g/mol. The molecule has 0 radical (unpaired) electrons. The number of carbonyl (C=O) groups excluding carboxylic acids is 2. The van der Waals surface area contributed by atoms with Gasteiger partial charge in [0.1, 0.15) is 10.7 Å². The second-order valence-electron chi connectivity index (χ2n) is 5.89. The van der Waals surface area contributed by atoms with Crippen LogP contribution in [0.4, 0.5) is 4.39 Å². The van der Waals surface area contributed by atoms with Gasteiger partial charge in [0.25, 0.3) is 15.9 Å². The maximum atomic E-state index is 12.8. The summed E-state index contributed by atoms with van der Waals surface area (Å²) >= 11 is 0. The average molecular weight is 376 g/mol. The molecule has 0 atom stereocenters. The van der Waals surface area contributed by atoms with Gasteiger partial charge < -0.3 is 5.32 Å². The summed E-state index contributed by atoms with van der Waals surface area (Å²) < 4.78 is 38.4. The SMILES string of the molecule is O=C(CCCN1C(=O)c2ccccc2S1(=O)=O)NCc1ccc(F)cc1. The van der Waals surface area contributed by atoms with E-state index in [9.17, 15) is 22.4 Å². The van der Waals surface area contributed by atoms with Crippen molar-refractivity contribution in [2.75, 3.05) is 6.54 Å². The summed E-state index contributed by atoms with van der Waals surface area (Å²) in [5.41, 5.74) is 0.917. The largest absolute Gasteiger partial charge is 0.352 e. The molecule has 2 aromatic carbocycles. The Morgan fingerprint density at radius 2 is 1.77 bits per heavy atom. The number of nitrogens with one attached hydrogen (secondary N) is 1. The lowest BCUT2D eigenvalue weighted by molar-refractivity contribution is -0.121. The van der Waals surface area contributed by atoms with E-state index in [1.807, 2.05) is 0 Å². The van der Waals surface area contributed by atoms with Gasteiger partial charge in [0.05, 0.1) is 5.56 Å². The lowest BCUT2D eigenvalue weighted by Crippen LogP contribution is -2.32. The van der Waals surface area contributed by atoms with Crippen LogP contribution in [0.2, 0.25) is 0 Å². The van der Waals surface area contributed by atoms with E-state index in [4.69, 9.17) is 0 Å². The zero-order valence-electron chi connectivity index (χ0n) is 13.8. The monoisotopic (exact) mass is 376 g/mol. The van der Waals surface area contributed by atoms with Gasteiger partial charge in [-0.2, -0.15) is 0 Å². The predicted octanol–water partition coefficient (Wildman–Crippen LogP) is 2.07. The van der Waals surface area contributed by atoms with E-state index in [0.717, 1.165) is 9.87 Å². The molecule has 0 fully saturated rings. The maximum Gasteiger partial charge on any atom is 0.269 e. The van der Waals surface area contributed by atoms with Gasteiger partial charge in [-0.3, -0.25) is 9.59 Å². The molecule has 2 aromatic rings. The zero-order valence-corrected chi connectivity index (χ0v) is 14.6. The van der Waals surface area contributed by atoms with Crippen LogP contribution in [-0.2, 0) is 21.4 Å². The van der Waals surface area contributed by atoms with Crippen LogP contribution in [0.1, 0.15) is 28.8 Å². The number of hydrogen-bond acceptors (Lipinski definition) is 4. The quantitative estimate of drug-likeness (QED) is 0.837. The molecule has 0 aliphatic carbocycles. The number of benzene rings is 2. The fourth-order valence-electron chi connectivity index (χ4n) is 2.73. The molecule has 1 aliphatic heterocycles. The van der Waals surface area contributed by atoms with Crippen molar-refractivity contribution < 1.29 is 22.4 Å². The van der Waals surface area contributed by atoms with E-state index in [1.165, 1.54) is 24.3 Å². The Labute approximate surface area is 150 Å². The van der Waals surface area contributed by atoms with Crippen LogP contribution < -0.4 is 5.32 Å². The van der Waals surface area contributed by atoms with Crippen LogP contribution in [0.5, 0.6) is 0 Å². The summed E-state index contributed by atoms with van der Waals surface area (Å²) in [5, 5.41) is 2.68. The lowest BCUT2D eigenvalue weighted by Gasteiger charge is -2.14. The summed E-state index contributed by atoms with van der Waals surface area (Å²) in [5.74, 6) is -1.18. The van der Waals surface area contributed by atoms with Gasteiger partial charge in [-0.1, -0.05) is 24.3 Å². The Morgan fingerprint density at radius 1 is 1.08 bits per heavy atom. The Kier molecular flexibility index (Phi) is 5.03. The fourth-order valence-corrected chi connectivity index (χ4v) is 4.33. The van der Waals surface area contributed by atoms with Gasteiger partial charge >= 0.3 is 0 Å². The maximum absolute atomic E-state index is 12.8. The van der Waals surface area contributed by atoms with Crippen LogP contribution in [-0.4, -0.2) is 31.1 Å². The van der Waals surface area contributed by atoms with Crippen molar-refractivity contribution in [1.82, 2.24) is 9.62 Å². The number of nitrogens with zero attached hydrogens (tertiary/aromatic N) is 1. The highest BCUT2D eigenvalue weighted by Gasteiger charge is 2.40. The lowest BCUT2D eigenvalue weighted by atomic mass is 10.2. The van der Waals surface area contributed by atoms with Gasteiger partial charge in [-0.15, -0.1) is 0 Å². The van der Waals surface area contributed by atoms with E-state index in [1.54, 1.807) is 24.3 Å². The van der Waals surface area contributed by atoms with Crippen molar-refractivity contribution in [3.05, 3.63) is 65.5 Å². The molecule has 0 saturated carbocycles. The highest BCUT2D eigenvalue weighted by Crippen LogP contribution is 2.29. The standard InChI is InChI=1S/C18H17FN2O4S/c19-14-9-7-13(8-10-14)12-20-17(22)6-3-11-21-18(23)15-4-1-2-5-16(15)26(21,24)25/h1-2,4-5,7-10H,3,6,11-12H2,(H,20,22). The fraction of sp³-hybridized carbons (Fsp3) is 0.222. The molecule has 0 bridgehead atoms. The molecule has 0 spiro atoms. The molecule has 3 rings (SSSR count). The molecule has 8 heteroatoms. The predicted molar refractivity (Wildman–Crippen MR) is 92.1 cm³/mol. The number of rotatable bonds is 6. The molecule has 136 valence electrons. The summed E-state index contributed by atoms with van der Waals surface area (Å²) in [7, 11) is -3.84. The molecule has 2 amide bonds. The Hall–Kier alpha value is -2.74. The highest BCUT2D eigenvalue weighted by atomic mass is 32.2. The summed E-state index contributed by atoms with van der Waals surface area (Å²) in [4.78, 5) is 24.1. The van der Waals surface area contributed by atoms with Gasteiger partial charge in [0, 0.05) is 19.5 Å². The molecule has 1 N–H and O–H groups in total. The van der Waals surface area contributed by atoms with Gasteiger partial charge in [-0.05, 0) is 36.2 Å². The minimum atomic E-state index is -3.84. The molecule has 0 unspecified atom stereocenters. The molecule has 6 nitrogen and oxygen atoms in total. The molecule has 1 heterocycles. The summed E-state index contributed by atoms with van der Waals surface area (Å²) in [6.07, 6.45) is 0.297. The van der Waals surface area contributed by atoms with E-state index >= 15 is 0 Å². The first-order chi connectivity index (χ1) is 12.4. The Morgan fingerprint density at radius 3 is 2.46 bits per heavy atom. The number of fused-ring (bicyclic) bond motifs is 1. The van der Waals surface area contributed by atoms with Gasteiger partial charge in [0.15, 0.2) is 0 Å². The molecule has 0 saturated heterocycles. The van der Waals surface area contributed by atoms with Gasteiger partial charge in [0.2, 0.25) is 5.91 Å². The van der Waals surface area contributed by atoms with E-state index < -0.39 is 15.9 Å². The highest BCUT2D eigenvalue weighted by molar-refractivity contribution is 7.90. The third-order valence-electron chi connectivity index (χ3n) is 4.08.